The largest absolute Gasteiger partial charge is 0.449 e. The first-order valence-electron chi connectivity index (χ1n) is 9.50. The number of carbonyl (C=O) groups excluding carboxylic acids is 2. The van der Waals surface area contributed by atoms with Gasteiger partial charge in [0.05, 0.1) is 16.2 Å². The third-order valence-corrected chi connectivity index (χ3v) is 5.32. The van der Waals surface area contributed by atoms with Crippen LogP contribution in [-0.4, -0.2) is 32.9 Å². The highest BCUT2D eigenvalue weighted by Crippen LogP contribution is 2.27. The van der Waals surface area contributed by atoms with Crippen molar-refractivity contribution in [2.24, 2.45) is 0 Å². The lowest BCUT2D eigenvalue weighted by atomic mass is 10.1. The van der Waals surface area contributed by atoms with E-state index in [0.717, 1.165) is 11.3 Å². The first kappa shape index (κ1) is 21.1. The molecule has 4 aromatic rings. The van der Waals surface area contributed by atoms with Gasteiger partial charge in [-0.2, -0.15) is 0 Å². The Hall–Kier alpha value is -4.12. The van der Waals surface area contributed by atoms with Gasteiger partial charge in [-0.1, -0.05) is 19.1 Å². The smallest absolute Gasteiger partial charge is 0.338 e. The van der Waals surface area contributed by atoms with Gasteiger partial charge < -0.3 is 9.15 Å². The standard InChI is InChI=1S/C21H16N4O6S/c1-2-17(31-20(27)13-6-7-18-15(9-13)22-11-30-18)19(26)24-21-23-16(10-32-21)12-4-3-5-14(8-12)25(28)29/h3-11,17H,2H2,1H3,(H,23,24,26). The maximum absolute atomic E-state index is 12.6. The molecule has 1 unspecified atom stereocenters. The van der Waals surface area contributed by atoms with E-state index in [1.165, 1.54) is 30.7 Å². The van der Waals surface area contributed by atoms with Gasteiger partial charge in [-0.25, -0.2) is 14.8 Å². The number of non-ortho nitro benzene ring substituents is 1. The number of oxazole rings is 1. The number of thiazole rings is 1. The normalized spacial score (nSPS) is 11.8. The lowest BCUT2D eigenvalue weighted by Gasteiger charge is -2.15. The maximum atomic E-state index is 12.6. The number of nitro groups is 1. The van der Waals surface area contributed by atoms with Crippen molar-refractivity contribution >= 4 is 45.1 Å². The molecule has 11 heteroatoms. The first-order chi connectivity index (χ1) is 15.4. The third kappa shape index (κ3) is 4.47. The molecule has 2 aromatic heterocycles. The fraction of sp³-hybridized carbons (Fsp3) is 0.143. The van der Waals surface area contributed by atoms with Gasteiger partial charge in [0.1, 0.15) is 5.52 Å². The molecule has 0 aliphatic heterocycles. The van der Waals surface area contributed by atoms with Gasteiger partial charge in [0.25, 0.3) is 11.6 Å². The summed E-state index contributed by atoms with van der Waals surface area (Å²) in [5.41, 5.74) is 2.28. The molecule has 0 spiro atoms. The van der Waals surface area contributed by atoms with Crippen LogP contribution in [0.2, 0.25) is 0 Å². The van der Waals surface area contributed by atoms with Crippen LogP contribution in [0.1, 0.15) is 23.7 Å². The van der Waals surface area contributed by atoms with Crippen LogP contribution in [0.5, 0.6) is 0 Å². The predicted molar refractivity (Wildman–Crippen MR) is 116 cm³/mol. The second-order valence-electron chi connectivity index (χ2n) is 6.67. The van der Waals surface area contributed by atoms with Crippen LogP contribution >= 0.6 is 11.3 Å². The summed E-state index contributed by atoms with van der Waals surface area (Å²) in [6, 6.07) is 10.7. The molecule has 0 aliphatic carbocycles. The highest BCUT2D eigenvalue weighted by Gasteiger charge is 2.23. The lowest BCUT2D eigenvalue weighted by molar-refractivity contribution is -0.384. The van der Waals surface area contributed by atoms with E-state index in [1.807, 2.05) is 0 Å². The molecule has 32 heavy (non-hydrogen) atoms. The van der Waals surface area contributed by atoms with Crippen molar-refractivity contribution in [3.63, 3.8) is 0 Å². The Labute approximate surface area is 185 Å². The van der Waals surface area contributed by atoms with Gasteiger partial charge in [0, 0.05) is 23.1 Å². The second kappa shape index (κ2) is 8.94. The summed E-state index contributed by atoms with van der Waals surface area (Å²) in [4.78, 5) is 43.9. The average Bonchev–Trinajstić information content (AvgIpc) is 3.46. The minimum absolute atomic E-state index is 0.0529. The van der Waals surface area contributed by atoms with Crippen LogP contribution in [0, 0.1) is 10.1 Å². The zero-order valence-corrected chi connectivity index (χ0v) is 17.5. The van der Waals surface area contributed by atoms with Gasteiger partial charge >= 0.3 is 5.97 Å². The fourth-order valence-electron chi connectivity index (χ4n) is 2.93. The highest BCUT2D eigenvalue weighted by atomic mass is 32.1. The molecule has 0 radical (unpaired) electrons. The predicted octanol–water partition coefficient (Wildman–Crippen LogP) is 4.43. The molecule has 4 rings (SSSR count). The Balaban J connectivity index is 1.43. The summed E-state index contributed by atoms with van der Waals surface area (Å²) in [7, 11) is 0. The van der Waals surface area contributed by atoms with Crippen LogP contribution in [0.3, 0.4) is 0 Å². The van der Waals surface area contributed by atoms with Crippen LogP contribution < -0.4 is 5.32 Å². The number of fused-ring (bicyclic) bond motifs is 1. The van der Waals surface area contributed by atoms with Crippen molar-refractivity contribution in [3.05, 3.63) is 69.9 Å². The van der Waals surface area contributed by atoms with E-state index in [-0.39, 0.29) is 22.8 Å². The van der Waals surface area contributed by atoms with Crippen LogP contribution in [-0.2, 0) is 9.53 Å². The molecule has 1 N–H and O–H groups in total. The number of amides is 1. The summed E-state index contributed by atoms with van der Waals surface area (Å²) >= 11 is 1.16. The quantitative estimate of drug-likeness (QED) is 0.247. The number of nitrogens with zero attached hydrogens (tertiary/aromatic N) is 3. The van der Waals surface area contributed by atoms with Gasteiger partial charge in [0.2, 0.25) is 0 Å². The molecule has 0 fully saturated rings. The van der Waals surface area contributed by atoms with Gasteiger partial charge in [-0.15, -0.1) is 11.3 Å². The monoisotopic (exact) mass is 452 g/mol. The number of nitro benzene ring substituents is 1. The molecule has 0 bridgehead atoms. The molecule has 1 atom stereocenters. The van der Waals surface area contributed by atoms with Crippen molar-refractivity contribution in [3.8, 4) is 11.3 Å². The van der Waals surface area contributed by atoms with Crippen molar-refractivity contribution in [1.82, 2.24) is 9.97 Å². The van der Waals surface area contributed by atoms with E-state index in [0.29, 0.717) is 22.4 Å². The van der Waals surface area contributed by atoms with E-state index in [1.54, 1.807) is 30.5 Å². The zero-order valence-electron chi connectivity index (χ0n) is 16.7. The van der Waals surface area contributed by atoms with Crippen molar-refractivity contribution in [1.29, 1.82) is 0 Å². The van der Waals surface area contributed by atoms with Crippen molar-refractivity contribution in [2.45, 2.75) is 19.4 Å². The van der Waals surface area contributed by atoms with Gasteiger partial charge in [-0.05, 0) is 24.6 Å². The Morgan fingerprint density at radius 1 is 1.28 bits per heavy atom. The Kier molecular flexibility index (Phi) is 5.90. The van der Waals surface area contributed by atoms with Crippen LogP contribution in [0.4, 0.5) is 10.8 Å². The summed E-state index contributed by atoms with van der Waals surface area (Å²) in [6.45, 7) is 1.72. The molecule has 0 aliphatic rings. The fourth-order valence-corrected chi connectivity index (χ4v) is 3.66. The number of hydrogen-bond acceptors (Lipinski definition) is 9. The number of carbonyl (C=O) groups is 2. The number of nitrogens with one attached hydrogen (secondary N) is 1. The van der Waals surface area contributed by atoms with E-state index in [2.05, 4.69) is 15.3 Å². The SMILES string of the molecule is CCC(OC(=O)c1ccc2ocnc2c1)C(=O)Nc1nc(-c2cccc([N+](=O)[O-])c2)cs1. The van der Waals surface area contributed by atoms with Gasteiger partial charge in [-0.3, -0.25) is 20.2 Å². The molecule has 2 heterocycles. The molecular formula is C21H16N4O6S. The van der Waals surface area contributed by atoms with E-state index in [9.17, 15) is 19.7 Å². The lowest BCUT2D eigenvalue weighted by Crippen LogP contribution is -2.32. The number of benzene rings is 2. The number of anilines is 1. The summed E-state index contributed by atoms with van der Waals surface area (Å²) in [5.74, 6) is -1.18. The minimum atomic E-state index is -1.03. The minimum Gasteiger partial charge on any atom is -0.449 e. The van der Waals surface area contributed by atoms with E-state index >= 15 is 0 Å². The molecule has 2 aromatic carbocycles. The molecule has 1 amide bonds. The Bertz CT molecular complexity index is 1310. The van der Waals surface area contributed by atoms with Crippen molar-refractivity contribution < 1.29 is 23.7 Å². The molecular weight excluding hydrogens is 436 g/mol. The number of hydrogen-bond donors (Lipinski definition) is 1. The summed E-state index contributed by atoms with van der Waals surface area (Å²) < 4.78 is 10.5. The van der Waals surface area contributed by atoms with Crippen molar-refractivity contribution in [2.75, 3.05) is 5.32 Å². The van der Waals surface area contributed by atoms with E-state index in [4.69, 9.17) is 9.15 Å². The number of ether oxygens (including phenoxy) is 1. The van der Waals surface area contributed by atoms with E-state index < -0.39 is 22.9 Å². The highest BCUT2D eigenvalue weighted by molar-refractivity contribution is 7.14. The second-order valence-corrected chi connectivity index (χ2v) is 7.53. The molecule has 0 saturated heterocycles. The van der Waals surface area contributed by atoms with Crippen LogP contribution in [0.15, 0.2) is 58.7 Å². The summed E-state index contributed by atoms with van der Waals surface area (Å²) in [5, 5.41) is 15.6. The molecule has 0 saturated carbocycles. The zero-order chi connectivity index (χ0) is 22.7. The van der Waals surface area contributed by atoms with Gasteiger partial charge in [0.15, 0.2) is 23.2 Å². The maximum Gasteiger partial charge on any atom is 0.338 e. The Morgan fingerprint density at radius 3 is 2.91 bits per heavy atom. The molecule has 162 valence electrons. The van der Waals surface area contributed by atoms with Crippen LogP contribution in [0.25, 0.3) is 22.4 Å². The number of esters is 1. The topological polar surface area (TPSA) is 137 Å². The summed E-state index contributed by atoms with van der Waals surface area (Å²) in [6.07, 6.45) is 0.505. The number of rotatable bonds is 7. The Morgan fingerprint density at radius 2 is 2.12 bits per heavy atom. The first-order valence-corrected chi connectivity index (χ1v) is 10.4. The number of aromatic nitrogens is 2. The average molecular weight is 452 g/mol. The third-order valence-electron chi connectivity index (χ3n) is 4.57. The molecule has 10 nitrogen and oxygen atoms in total.